The van der Waals surface area contributed by atoms with Gasteiger partial charge >= 0.3 is 0 Å². The van der Waals surface area contributed by atoms with Gasteiger partial charge in [0.15, 0.2) is 0 Å². The van der Waals surface area contributed by atoms with Gasteiger partial charge in [-0.25, -0.2) is 4.98 Å². The molecule has 0 aliphatic rings. The molecule has 4 nitrogen and oxygen atoms in total. The molecule has 0 fully saturated rings. The number of thiophene rings is 1. The number of hydrogen-bond acceptors (Lipinski definition) is 5. The zero-order valence-electron chi connectivity index (χ0n) is 8.67. The van der Waals surface area contributed by atoms with Crippen LogP contribution in [0.1, 0.15) is 17.6 Å². The van der Waals surface area contributed by atoms with Crippen LogP contribution in [0.25, 0.3) is 0 Å². The van der Waals surface area contributed by atoms with Gasteiger partial charge < -0.3 is 0 Å². The maximum Gasteiger partial charge on any atom is 0.209 e. The lowest BCUT2D eigenvalue weighted by Gasteiger charge is -1.94. The van der Waals surface area contributed by atoms with E-state index in [0.717, 1.165) is 12.2 Å². The highest BCUT2D eigenvalue weighted by Crippen LogP contribution is 2.19. The van der Waals surface area contributed by atoms with Crippen molar-refractivity contribution in [1.82, 2.24) is 15.2 Å². The van der Waals surface area contributed by atoms with Gasteiger partial charge in [-0.1, -0.05) is 17.8 Å². The Morgan fingerprint density at radius 2 is 2.56 bits per heavy atom. The average Bonchev–Trinajstić information content (AvgIpc) is 2.91. The normalized spacial score (nSPS) is 12.2. The lowest BCUT2D eigenvalue weighted by Crippen LogP contribution is -1.91. The molecule has 0 aliphatic carbocycles. The Bertz CT molecular complexity index is 483. The summed E-state index contributed by atoms with van der Waals surface area (Å²) in [7, 11) is 0. The van der Waals surface area contributed by atoms with Gasteiger partial charge in [0, 0.05) is 11.3 Å². The van der Waals surface area contributed by atoms with Crippen LogP contribution in [0.3, 0.4) is 0 Å². The summed E-state index contributed by atoms with van der Waals surface area (Å²) in [6, 6.07) is 6.22. The second-order valence-corrected chi connectivity index (χ2v) is 5.55. The van der Waals surface area contributed by atoms with Gasteiger partial charge in [-0.05, 0) is 18.4 Å². The third-order valence-electron chi connectivity index (χ3n) is 1.90. The fourth-order valence-corrected chi connectivity index (χ4v) is 2.51. The number of nitriles is 1. The molecule has 16 heavy (non-hydrogen) atoms. The summed E-state index contributed by atoms with van der Waals surface area (Å²) >= 11 is 3.06. The molecule has 2 heterocycles. The van der Waals surface area contributed by atoms with Crippen LogP contribution < -0.4 is 0 Å². The number of nitrogens with one attached hydrogen (secondary N) is 1. The molecule has 0 amide bonds. The minimum absolute atomic E-state index is 0.120. The Kier molecular flexibility index (Phi) is 3.59. The molecular formula is C10H10N4S2. The average molecular weight is 250 g/mol. The van der Waals surface area contributed by atoms with E-state index in [4.69, 9.17) is 5.26 Å². The van der Waals surface area contributed by atoms with E-state index < -0.39 is 0 Å². The molecule has 2 aromatic heterocycles. The summed E-state index contributed by atoms with van der Waals surface area (Å²) in [5, 5.41) is 18.2. The maximum atomic E-state index is 8.68. The van der Waals surface area contributed by atoms with Crippen LogP contribution in [-0.2, 0) is 6.42 Å². The lowest BCUT2D eigenvalue weighted by atomic mass is 10.3. The number of aromatic amines is 1. The SMILES string of the molecule is CC(C#N)Sc1n[nH]c(Cc2cccs2)n1. The van der Waals surface area contributed by atoms with E-state index in [-0.39, 0.29) is 5.25 Å². The standard InChI is InChI=1S/C10H10N4S2/c1-7(6-11)16-10-12-9(13-14-10)5-8-3-2-4-15-8/h2-4,7H,5H2,1H3,(H,12,13,14). The minimum atomic E-state index is -0.120. The molecule has 0 bridgehead atoms. The zero-order chi connectivity index (χ0) is 11.4. The third kappa shape index (κ3) is 2.84. The maximum absolute atomic E-state index is 8.68. The van der Waals surface area contributed by atoms with Crippen LogP contribution in [0, 0.1) is 11.3 Å². The summed E-state index contributed by atoms with van der Waals surface area (Å²) in [6.45, 7) is 1.83. The van der Waals surface area contributed by atoms with E-state index in [1.54, 1.807) is 11.3 Å². The van der Waals surface area contributed by atoms with Gasteiger partial charge in [0.05, 0.1) is 11.3 Å². The van der Waals surface area contributed by atoms with Gasteiger partial charge in [0.1, 0.15) is 5.82 Å². The molecule has 82 valence electrons. The first-order valence-electron chi connectivity index (χ1n) is 4.78. The Morgan fingerprint density at radius 1 is 1.69 bits per heavy atom. The van der Waals surface area contributed by atoms with Crippen molar-refractivity contribution < 1.29 is 0 Å². The molecule has 0 spiro atoms. The van der Waals surface area contributed by atoms with Crippen LogP contribution in [0.2, 0.25) is 0 Å². The first-order chi connectivity index (χ1) is 7.78. The lowest BCUT2D eigenvalue weighted by molar-refractivity contribution is 0.958. The highest BCUT2D eigenvalue weighted by atomic mass is 32.2. The summed E-state index contributed by atoms with van der Waals surface area (Å²) in [5.74, 6) is 0.843. The highest BCUT2D eigenvalue weighted by Gasteiger charge is 2.09. The van der Waals surface area contributed by atoms with E-state index in [2.05, 4.69) is 27.3 Å². The van der Waals surface area contributed by atoms with Crippen molar-refractivity contribution in [1.29, 1.82) is 5.26 Å². The molecule has 2 aromatic rings. The van der Waals surface area contributed by atoms with Gasteiger partial charge in [0.25, 0.3) is 0 Å². The van der Waals surface area contributed by atoms with Crippen molar-refractivity contribution in [2.24, 2.45) is 0 Å². The molecule has 6 heteroatoms. The van der Waals surface area contributed by atoms with Crippen LogP contribution in [-0.4, -0.2) is 20.4 Å². The minimum Gasteiger partial charge on any atom is -0.262 e. The van der Waals surface area contributed by atoms with Crippen molar-refractivity contribution in [3.8, 4) is 6.07 Å². The number of hydrogen-bond donors (Lipinski definition) is 1. The van der Waals surface area contributed by atoms with E-state index in [1.807, 2.05) is 18.4 Å². The first-order valence-corrected chi connectivity index (χ1v) is 6.54. The van der Waals surface area contributed by atoms with Crippen LogP contribution >= 0.6 is 23.1 Å². The molecule has 0 saturated heterocycles. The second kappa shape index (κ2) is 5.14. The Balaban J connectivity index is 2.00. The van der Waals surface area contributed by atoms with Crippen molar-refractivity contribution in [2.45, 2.75) is 23.8 Å². The van der Waals surface area contributed by atoms with E-state index in [9.17, 15) is 0 Å². The predicted octanol–water partition coefficient (Wildman–Crippen LogP) is 2.46. The smallest absolute Gasteiger partial charge is 0.209 e. The van der Waals surface area contributed by atoms with Crippen LogP contribution in [0.15, 0.2) is 22.7 Å². The second-order valence-electron chi connectivity index (χ2n) is 3.21. The van der Waals surface area contributed by atoms with E-state index in [0.29, 0.717) is 5.16 Å². The first kappa shape index (κ1) is 11.2. The van der Waals surface area contributed by atoms with Crippen molar-refractivity contribution in [3.05, 3.63) is 28.2 Å². The number of nitrogens with zero attached hydrogens (tertiary/aromatic N) is 3. The molecular weight excluding hydrogens is 240 g/mol. The summed E-state index contributed by atoms with van der Waals surface area (Å²) < 4.78 is 0. The van der Waals surface area contributed by atoms with E-state index in [1.165, 1.54) is 16.6 Å². The molecule has 0 radical (unpaired) electrons. The number of H-pyrrole nitrogens is 1. The van der Waals surface area contributed by atoms with Gasteiger partial charge in [0.2, 0.25) is 5.16 Å². The van der Waals surface area contributed by atoms with Crippen molar-refractivity contribution >= 4 is 23.1 Å². The van der Waals surface area contributed by atoms with Crippen molar-refractivity contribution in [3.63, 3.8) is 0 Å². The van der Waals surface area contributed by atoms with Gasteiger partial charge in [-0.2, -0.15) is 5.26 Å². The summed E-state index contributed by atoms with van der Waals surface area (Å²) in [6.07, 6.45) is 0.770. The Hall–Kier alpha value is -1.32. The highest BCUT2D eigenvalue weighted by molar-refractivity contribution is 7.99. The Morgan fingerprint density at radius 3 is 3.25 bits per heavy atom. The summed E-state index contributed by atoms with van der Waals surface area (Å²) in [5.41, 5.74) is 0. The van der Waals surface area contributed by atoms with Gasteiger partial charge in [-0.15, -0.1) is 16.4 Å². The fourth-order valence-electron chi connectivity index (χ4n) is 1.17. The molecule has 0 aromatic carbocycles. The predicted molar refractivity (Wildman–Crippen MR) is 64.4 cm³/mol. The molecule has 2 rings (SSSR count). The van der Waals surface area contributed by atoms with Crippen molar-refractivity contribution in [2.75, 3.05) is 0 Å². The zero-order valence-corrected chi connectivity index (χ0v) is 10.3. The molecule has 1 atom stereocenters. The number of aromatic nitrogens is 3. The van der Waals surface area contributed by atoms with Crippen LogP contribution in [0.4, 0.5) is 0 Å². The quantitative estimate of drug-likeness (QED) is 0.846. The Labute approximate surface area is 102 Å². The summed E-state index contributed by atoms with van der Waals surface area (Å²) in [4.78, 5) is 5.58. The largest absolute Gasteiger partial charge is 0.262 e. The van der Waals surface area contributed by atoms with Gasteiger partial charge in [-0.3, -0.25) is 5.10 Å². The number of rotatable bonds is 4. The third-order valence-corrected chi connectivity index (χ3v) is 3.63. The molecule has 0 saturated carbocycles. The number of thioether (sulfide) groups is 1. The fraction of sp³-hybridized carbons (Fsp3) is 0.300. The topological polar surface area (TPSA) is 65.4 Å². The van der Waals surface area contributed by atoms with E-state index >= 15 is 0 Å². The molecule has 1 unspecified atom stereocenters. The van der Waals surface area contributed by atoms with Crippen LogP contribution in [0.5, 0.6) is 0 Å². The monoisotopic (exact) mass is 250 g/mol. The molecule has 1 N–H and O–H groups in total. The molecule has 0 aliphatic heterocycles.